The molecule has 108 valence electrons. The van der Waals surface area contributed by atoms with Gasteiger partial charge in [-0.25, -0.2) is 13.1 Å². The molecule has 2 aromatic rings. The molecule has 2 aromatic heterocycles. The molecule has 0 aliphatic carbocycles. The van der Waals surface area contributed by atoms with E-state index in [2.05, 4.69) is 9.71 Å². The van der Waals surface area contributed by atoms with Gasteiger partial charge in [0.15, 0.2) is 0 Å². The lowest BCUT2D eigenvalue weighted by Crippen LogP contribution is -2.26. The van der Waals surface area contributed by atoms with Gasteiger partial charge in [-0.2, -0.15) is 0 Å². The quantitative estimate of drug-likeness (QED) is 0.870. The first-order chi connectivity index (χ1) is 9.42. The van der Waals surface area contributed by atoms with Gasteiger partial charge >= 0.3 is 0 Å². The van der Waals surface area contributed by atoms with Gasteiger partial charge in [0, 0.05) is 12.7 Å². The lowest BCUT2D eigenvalue weighted by molar-refractivity contribution is 0.441. The molecule has 6 nitrogen and oxygen atoms in total. The Bertz CT molecular complexity index is 677. The molecule has 0 fully saturated rings. The molecule has 3 N–H and O–H groups in total. The molecule has 0 radical (unpaired) electrons. The fourth-order valence-corrected chi connectivity index (χ4v) is 2.89. The normalized spacial score (nSPS) is 13.3. The molecule has 1 unspecified atom stereocenters. The summed E-state index contributed by atoms with van der Waals surface area (Å²) in [7, 11) is -3.64. The van der Waals surface area contributed by atoms with Crippen LogP contribution in [0.25, 0.3) is 0 Å². The molecule has 0 saturated carbocycles. The molecular formula is C13H17N3O3S. The van der Waals surface area contributed by atoms with Gasteiger partial charge in [0.05, 0.1) is 11.7 Å². The van der Waals surface area contributed by atoms with E-state index in [1.807, 2.05) is 0 Å². The average molecular weight is 295 g/mol. The predicted octanol–water partition coefficient (Wildman–Crippen LogP) is 1.48. The summed E-state index contributed by atoms with van der Waals surface area (Å²) < 4.78 is 32.3. The standard InChI is InChI=1S/C13H17N3O3S/c1-9-3-6-13(19-9)10(2)16-20(17,18)12-5-4-11(7-14)15-8-12/h3-6,8,10,16H,7,14H2,1-2H3. The minimum atomic E-state index is -3.64. The van der Waals surface area contributed by atoms with Crippen molar-refractivity contribution in [2.24, 2.45) is 5.73 Å². The highest BCUT2D eigenvalue weighted by molar-refractivity contribution is 7.89. The van der Waals surface area contributed by atoms with Crippen LogP contribution in [0, 0.1) is 6.92 Å². The molecule has 0 bridgehead atoms. The monoisotopic (exact) mass is 295 g/mol. The summed E-state index contributed by atoms with van der Waals surface area (Å²) in [6.45, 7) is 3.80. The average Bonchev–Trinajstić information content (AvgIpc) is 2.85. The van der Waals surface area contributed by atoms with Gasteiger partial charge in [-0.15, -0.1) is 0 Å². The van der Waals surface area contributed by atoms with E-state index in [1.54, 1.807) is 32.0 Å². The highest BCUT2D eigenvalue weighted by atomic mass is 32.2. The number of aromatic nitrogens is 1. The SMILES string of the molecule is Cc1ccc(C(C)NS(=O)(=O)c2ccc(CN)nc2)o1. The highest BCUT2D eigenvalue weighted by Gasteiger charge is 2.20. The first kappa shape index (κ1) is 14.7. The molecule has 0 aromatic carbocycles. The summed E-state index contributed by atoms with van der Waals surface area (Å²) in [6, 6.07) is 6.16. The van der Waals surface area contributed by atoms with Crippen molar-refractivity contribution in [3.63, 3.8) is 0 Å². The number of aryl methyl sites for hydroxylation is 1. The summed E-state index contributed by atoms with van der Waals surface area (Å²) >= 11 is 0. The minimum absolute atomic E-state index is 0.102. The van der Waals surface area contributed by atoms with Crippen molar-refractivity contribution >= 4 is 10.0 Å². The predicted molar refractivity (Wildman–Crippen MR) is 74.3 cm³/mol. The second kappa shape index (κ2) is 5.74. The molecule has 0 amide bonds. The lowest BCUT2D eigenvalue weighted by Gasteiger charge is -2.12. The van der Waals surface area contributed by atoms with Crippen molar-refractivity contribution in [2.75, 3.05) is 0 Å². The maximum Gasteiger partial charge on any atom is 0.242 e. The van der Waals surface area contributed by atoms with Gasteiger partial charge in [-0.3, -0.25) is 4.98 Å². The Kier molecular flexibility index (Phi) is 4.22. The fraction of sp³-hybridized carbons (Fsp3) is 0.308. The molecule has 0 spiro atoms. The molecule has 0 aliphatic rings. The molecule has 2 rings (SSSR count). The van der Waals surface area contributed by atoms with E-state index in [0.717, 1.165) is 5.76 Å². The maximum absolute atomic E-state index is 12.2. The summed E-state index contributed by atoms with van der Waals surface area (Å²) in [6.07, 6.45) is 1.30. The van der Waals surface area contributed by atoms with Crippen molar-refractivity contribution in [2.45, 2.75) is 31.3 Å². The Morgan fingerprint density at radius 2 is 2.10 bits per heavy atom. The molecule has 1 atom stereocenters. The number of pyridine rings is 1. The molecule has 0 saturated heterocycles. The highest BCUT2D eigenvalue weighted by Crippen LogP contribution is 2.18. The Labute approximate surface area is 118 Å². The van der Waals surface area contributed by atoms with Gasteiger partial charge in [0.25, 0.3) is 0 Å². The van der Waals surface area contributed by atoms with Crippen LogP contribution in [0.2, 0.25) is 0 Å². The Morgan fingerprint density at radius 3 is 2.60 bits per heavy atom. The largest absolute Gasteiger partial charge is 0.465 e. The molecule has 7 heteroatoms. The molecule has 0 aliphatic heterocycles. The molecule has 20 heavy (non-hydrogen) atoms. The van der Waals surface area contributed by atoms with Crippen LogP contribution in [0.3, 0.4) is 0 Å². The zero-order valence-electron chi connectivity index (χ0n) is 11.3. The van der Waals surface area contributed by atoms with E-state index < -0.39 is 16.1 Å². The third-order valence-electron chi connectivity index (χ3n) is 2.84. The van der Waals surface area contributed by atoms with Crippen LogP contribution in [-0.2, 0) is 16.6 Å². The van der Waals surface area contributed by atoms with Crippen molar-refractivity contribution in [1.82, 2.24) is 9.71 Å². The number of furan rings is 1. The summed E-state index contributed by atoms with van der Waals surface area (Å²) in [4.78, 5) is 4.08. The Balaban J connectivity index is 2.17. The third-order valence-corrected chi connectivity index (χ3v) is 4.36. The zero-order chi connectivity index (χ0) is 14.8. The Hall–Kier alpha value is -1.70. The van der Waals surface area contributed by atoms with Crippen molar-refractivity contribution < 1.29 is 12.8 Å². The molecule has 2 heterocycles. The number of hydrogen-bond acceptors (Lipinski definition) is 5. The van der Waals surface area contributed by atoms with Gasteiger partial charge in [-0.05, 0) is 38.1 Å². The first-order valence-corrected chi connectivity index (χ1v) is 7.64. The number of rotatable bonds is 5. The van der Waals surface area contributed by atoms with E-state index in [4.69, 9.17) is 10.2 Å². The summed E-state index contributed by atoms with van der Waals surface area (Å²) in [5.74, 6) is 1.30. The minimum Gasteiger partial charge on any atom is -0.465 e. The van der Waals surface area contributed by atoms with Crippen molar-refractivity contribution in [3.8, 4) is 0 Å². The maximum atomic E-state index is 12.2. The second-order valence-corrected chi connectivity index (χ2v) is 6.19. The zero-order valence-corrected chi connectivity index (χ0v) is 12.1. The smallest absolute Gasteiger partial charge is 0.242 e. The van der Waals surface area contributed by atoms with E-state index in [1.165, 1.54) is 12.3 Å². The number of nitrogens with one attached hydrogen (secondary N) is 1. The number of nitrogens with zero attached hydrogens (tertiary/aromatic N) is 1. The number of nitrogens with two attached hydrogens (primary N) is 1. The second-order valence-electron chi connectivity index (χ2n) is 4.48. The van der Waals surface area contributed by atoms with Crippen molar-refractivity contribution in [1.29, 1.82) is 0 Å². The third kappa shape index (κ3) is 3.24. The summed E-state index contributed by atoms with van der Waals surface area (Å²) in [5.41, 5.74) is 6.07. The van der Waals surface area contributed by atoms with Crippen LogP contribution in [0.15, 0.2) is 39.8 Å². The lowest BCUT2D eigenvalue weighted by atomic mass is 10.3. The van der Waals surface area contributed by atoms with E-state index in [0.29, 0.717) is 11.5 Å². The van der Waals surface area contributed by atoms with Crippen LogP contribution in [-0.4, -0.2) is 13.4 Å². The van der Waals surface area contributed by atoms with Crippen LogP contribution in [0.5, 0.6) is 0 Å². The number of sulfonamides is 1. The van der Waals surface area contributed by atoms with Gasteiger partial charge in [0.2, 0.25) is 10.0 Å². The topological polar surface area (TPSA) is 98.2 Å². The van der Waals surface area contributed by atoms with Crippen LogP contribution < -0.4 is 10.5 Å². The van der Waals surface area contributed by atoms with Crippen LogP contribution >= 0.6 is 0 Å². The van der Waals surface area contributed by atoms with Crippen LogP contribution in [0.4, 0.5) is 0 Å². The van der Waals surface area contributed by atoms with Gasteiger partial charge < -0.3 is 10.2 Å². The van der Waals surface area contributed by atoms with Gasteiger partial charge in [-0.1, -0.05) is 0 Å². The first-order valence-electron chi connectivity index (χ1n) is 6.16. The van der Waals surface area contributed by atoms with E-state index >= 15 is 0 Å². The fourth-order valence-electron chi connectivity index (χ4n) is 1.74. The number of hydrogen-bond donors (Lipinski definition) is 2. The van der Waals surface area contributed by atoms with Crippen molar-refractivity contribution in [3.05, 3.63) is 47.7 Å². The Morgan fingerprint density at radius 1 is 1.35 bits per heavy atom. The molecular weight excluding hydrogens is 278 g/mol. The summed E-state index contributed by atoms with van der Waals surface area (Å²) in [5, 5.41) is 0. The van der Waals surface area contributed by atoms with E-state index in [9.17, 15) is 8.42 Å². The van der Waals surface area contributed by atoms with E-state index in [-0.39, 0.29) is 11.4 Å². The van der Waals surface area contributed by atoms with Gasteiger partial charge in [0.1, 0.15) is 16.4 Å². The van der Waals surface area contributed by atoms with Crippen LogP contribution in [0.1, 0.15) is 30.2 Å².